The fourth-order valence-electron chi connectivity index (χ4n) is 2.66. The maximum Gasteiger partial charge on any atom is 0.331 e. The van der Waals surface area contributed by atoms with E-state index in [0.717, 1.165) is 10.2 Å². The van der Waals surface area contributed by atoms with E-state index >= 15 is 0 Å². The number of pyridine rings is 1. The number of amides is 2. The second-order valence-corrected chi connectivity index (χ2v) is 5.32. The van der Waals surface area contributed by atoms with Crippen LogP contribution in [0.4, 0.5) is 9.18 Å². The molecule has 8 nitrogen and oxygen atoms in total. The van der Waals surface area contributed by atoms with Crippen molar-refractivity contribution in [3.63, 3.8) is 0 Å². The summed E-state index contributed by atoms with van der Waals surface area (Å²) in [5, 5.41) is 4.54. The van der Waals surface area contributed by atoms with Gasteiger partial charge in [0.25, 0.3) is 5.56 Å². The van der Waals surface area contributed by atoms with Crippen LogP contribution in [-0.4, -0.2) is 25.3 Å². The number of benzene rings is 1. The van der Waals surface area contributed by atoms with Gasteiger partial charge in [0.15, 0.2) is 5.65 Å². The predicted octanol–water partition coefficient (Wildman–Crippen LogP) is 1.47. The molecule has 3 aromatic heterocycles. The van der Waals surface area contributed by atoms with E-state index in [1.54, 1.807) is 24.4 Å². The lowest BCUT2D eigenvalue weighted by Crippen LogP contribution is -2.35. The van der Waals surface area contributed by atoms with Crippen LogP contribution < -0.4 is 16.7 Å². The largest absolute Gasteiger partial charge is 0.350 e. The standard InChI is InChI=1S/C16H11FN6O2/c17-10-3-1-9(2-4-10)11-8-20-23-13-5-6-22(21-16(18)25)15(24)12(13)7-19-14(11)23/h1-8H,(H3,18,21,25). The van der Waals surface area contributed by atoms with Gasteiger partial charge >= 0.3 is 6.03 Å². The van der Waals surface area contributed by atoms with Crippen molar-refractivity contribution in [3.05, 3.63) is 65.1 Å². The highest BCUT2D eigenvalue weighted by Gasteiger charge is 2.13. The van der Waals surface area contributed by atoms with Crippen LogP contribution >= 0.6 is 0 Å². The number of urea groups is 1. The monoisotopic (exact) mass is 338 g/mol. The smallest absolute Gasteiger partial charge is 0.331 e. The van der Waals surface area contributed by atoms with Gasteiger partial charge in [0.1, 0.15) is 5.82 Å². The summed E-state index contributed by atoms with van der Waals surface area (Å²) in [4.78, 5) is 27.6. The first-order chi connectivity index (χ1) is 12.0. The maximum atomic E-state index is 13.1. The van der Waals surface area contributed by atoms with E-state index < -0.39 is 11.6 Å². The van der Waals surface area contributed by atoms with Crippen molar-refractivity contribution in [1.29, 1.82) is 0 Å². The summed E-state index contributed by atoms with van der Waals surface area (Å²) in [5.41, 5.74) is 9.27. The molecule has 1 aromatic carbocycles. The molecule has 9 heteroatoms. The van der Waals surface area contributed by atoms with E-state index in [1.165, 1.54) is 29.0 Å². The molecule has 0 aliphatic rings. The Morgan fingerprint density at radius 1 is 1.16 bits per heavy atom. The summed E-state index contributed by atoms with van der Waals surface area (Å²) in [6.07, 6.45) is 4.39. The number of nitrogens with two attached hydrogens (primary N) is 1. The fraction of sp³-hybridized carbons (Fsp3) is 0. The molecule has 0 aliphatic heterocycles. The highest BCUT2D eigenvalue weighted by atomic mass is 19.1. The van der Waals surface area contributed by atoms with Crippen molar-refractivity contribution in [2.24, 2.45) is 5.73 Å². The Bertz CT molecular complexity index is 1180. The lowest BCUT2D eigenvalue weighted by Gasteiger charge is -2.07. The minimum atomic E-state index is -0.854. The molecule has 3 heterocycles. The van der Waals surface area contributed by atoms with Crippen LogP contribution in [0.15, 0.2) is 53.7 Å². The molecule has 0 fully saturated rings. The molecule has 0 saturated heterocycles. The Hall–Kier alpha value is -3.75. The Balaban J connectivity index is 1.94. The first-order valence-electron chi connectivity index (χ1n) is 7.25. The number of fused-ring (bicyclic) bond motifs is 3. The van der Waals surface area contributed by atoms with Crippen LogP contribution in [0.25, 0.3) is 27.7 Å². The zero-order chi connectivity index (χ0) is 17.6. The van der Waals surface area contributed by atoms with E-state index in [2.05, 4.69) is 15.5 Å². The van der Waals surface area contributed by atoms with Crippen molar-refractivity contribution in [3.8, 4) is 11.1 Å². The van der Waals surface area contributed by atoms with Gasteiger partial charge in [-0.1, -0.05) is 12.1 Å². The van der Waals surface area contributed by atoms with Gasteiger partial charge in [-0.2, -0.15) is 5.10 Å². The molecule has 0 aliphatic carbocycles. The van der Waals surface area contributed by atoms with E-state index in [9.17, 15) is 14.0 Å². The number of hydrogen-bond acceptors (Lipinski definition) is 4. The summed E-state index contributed by atoms with van der Waals surface area (Å²) >= 11 is 0. The zero-order valence-corrected chi connectivity index (χ0v) is 12.7. The van der Waals surface area contributed by atoms with Gasteiger partial charge in [-0.05, 0) is 23.8 Å². The minimum absolute atomic E-state index is 0.262. The Labute approximate surface area is 139 Å². The Morgan fingerprint density at radius 2 is 1.92 bits per heavy atom. The molecule has 0 atom stereocenters. The first-order valence-corrected chi connectivity index (χ1v) is 7.25. The number of carbonyl (C=O) groups is 1. The zero-order valence-electron chi connectivity index (χ0n) is 12.7. The van der Waals surface area contributed by atoms with E-state index in [-0.39, 0.29) is 11.2 Å². The van der Waals surface area contributed by atoms with Crippen LogP contribution in [0, 0.1) is 5.82 Å². The molecular weight excluding hydrogens is 327 g/mol. The molecule has 25 heavy (non-hydrogen) atoms. The van der Waals surface area contributed by atoms with Gasteiger partial charge in [-0.3, -0.25) is 4.79 Å². The van der Waals surface area contributed by atoms with Crippen LogP contribution in [0.5, 0.6) is 0 Å². The maximum absolute atomic E-state index is 13.1. The second kappa shape index (κ2) is 5.41. The lowest BCUT2D eigenvalue weighted by atomic mass is 10.1. The van der Waals surface area contributed by atoms with Gasteiger partial charge in [0.05, 0.1) is 17.1 Å². The van der Waals surface area contributed by atoms with Crippen molar-refractivity contribution in [2.75, 3.05) is 5.43 Å². The molecule has 4 aromatic rings. The van der Waals surface area contributed by atoms with Crippen LogP contribution in [0.1, 0.15) is 0 Å². The average Bonchev–Trinajstić information content (AvgIpc) is 3.02. The molecule has 0 radical (unpaired) electrons. The highest BCUT2D eigenvalue weighted by Crippen LogP contribution is 2.25. The number of hydrogen-bond donors (Lipinski definition) is 2. The van der Waals surface area contributed by atoms with E-state index in [0.29, 0.717) is 16.7 Å². The van der Waals surface area contributed by atoms with Crippen molar-refractivity contribution in [2.45, 2.75) is 0 Å². The molecule has 0 unspecified atom stereocenters. The highest BCUT2D eigenvalue weighted by molar-refractivity contribution is 5.85. The Kier molecular flexibility index (Phi) is 3.21. The molecule has 2 amide bonds. The Morgan fingerprint density at radius 3 is 2.64 bits per heavy atom. The molecule has 0 saturated carbocycles. The third kappa shape index (κ3) is 2.38. The van der Waals surface area contributed by atoms with Gasteiger partial charge in [-0.25, -0.2) is 28.8 Å². The minimum Gasteiger partial charge on any atom is -0.350 e. The third-order valence-electron chi connectivity index (χ3n) is 3.78. The molecule has 124 valence electrons. The van der Waals surface area contributed by atoms with Gasteiger partial charge in [0, 0.05) is 18.0 Å². The topological polar surface area (TPSA) is 107 Å². The van der Waals surface area contributed by atoms with Gasteiger partial charge in [-0.15, -0.1) is 0 Å². The quantitative estimate of drug-likeness (QED) is 0.577. The van der Waals surface area contributed by atoms with Gasteiger partial charge < -0.3 is 5.73 Å². The number of aromatic nitrogens is 4. The van der Waals surface area contributed by atoms with Crippen molar-refractivity contribution >= 4 is 22.6 Å². The second-order valence-electron chi connectivity index (χ2n) is 5.32. The average molecular weight is 338 g/mol. The van der Waals surface area contributed by atoms with Crippen LogP contribution in [0.2, 0.25) is 0 Å². The summed E-state index contributed by atoms with van der Waals surface area (Å²) < 4.78 is 15.6. The number of carbonyl (C=O) groups excluding carboxylic acids is 1. The number of nitrogens with one attached hydrogen (secondary N) is 1. The van der Waals surface area contributed by atoms with Crippen molar-refractivity contribution in [1.82, 2.24) is 19.3 Å². The fourth-order valence-corrected chi connectivity index (χ4v) is 2.66. The summed E-state index contributed by atoms with van der Waals surface area (Å²) in [7, 11) is 0. The molecule has 0 spiro atoms. The van der Waals surface area contributed by atoms with E-state index in [1.807, 2.05) is 0 Å². The molecular formula is C16H11FN6O2. The number of nitrogens with zero attached hydrogens (tertiary/aromatic N) is 4. The van der Waals surface area contributed by atoms with E-state index in [4.69, 9.17) is 5.73 Å². The molecule has 3 N–H and O–H groups in total. The summed E-state index contributed by atoms with van der Waals surface area (Å²) in [5.74, 6) is -0.332. The molecule has 0 bridgehead atoms. The summed E-state index contributed by atoms with van der Waals surface area (Å²) in [6.45, 7) is 0. The number of halogens is 1. The lowest BCUT2D eigenvalue weighted by molar-refractivity contribution is 0.257. The number of primary amides is 1. The first kappa shape index (κ1) is 14.8. The predicted molar refractivity (Wildman–Crippen MR) is 89.1 cm³/mol. The van der Waals surface area contributed by atoms with Gasteiger partial charge in [0.2, 0.25) is 0 Å². The van der Waals surface area contributed by atoms with Crippen molar-refractivity contribution < 1.29 is 9.18 Å². The van der Waals surface area contributed by atoms with Crippen LogP contribution in [0.3, 0.4) is 0 Å². The summed E-state index contributed by atoms with van der Waals surface area (Å²) in [6, 6.07) is 6.73. The molecule has 4 rings (SSSR count). The SMILES string of the molecule is NC(=O)Nn1ccc2c(cnc3c(-c4ccc(F)cc4)cnn32)c1=O. The van der Waals surface area contributed by atoms with Crippen LogP contribution in [-0.2, 0) is 0 Å². The normalized spacial score (nSPS) is 11.1. The third-order valence-corrected chi connectivity index (χ3v) is 3.78. The number of rotatable bonds is 2.